The Balaban J connectivity index is 0.000000174. The van der Waals surface area contributed by atoms with E-state index in [2.05, 4.69) is 463 Å². The second-order valence-corrected chi connectivity index (χ2v) is 42.4. The Hall–Kier alpha value is -14.8. The number of anilines is 12. The van der Waals surface area contributed by atoms with Crippen LogP contribution < -0.4 is 19.6 Å². The molecule has 4 heteroatoms. The highest BCUT2D eigenvalue weighted by atomic mass is 15.2. The van der Waals surface area contributed by atoms with Crippen LogP contribution in [0.15, 0.2) is 388 Å². The van der Waals surface area contributed by atoms with Gasteiger partial charge in [-0.25, -0.2) is 0 Å². The summed E-state index contributed by atoms with van der Waals surface area (Å²) in [6.07, 6.45) is 34.8. The molecule has 2 aliphatic carbocycles. The van der Waals surface area contributed by atoms with Gasteiger partial charge in [-0.3, -0.25) is 0 Å². The molecule has 148 heavy (non-hydrogen) atoms. The van der Waals surface area contributed by atoms with E-state index in [-0.39, 0.29) is 0 Å². The largest absolute Gasteiger partial charge is 0.310 e. The maximum atomic E-state index is 2.55. The van der Waals surface area contributed by atoms with Crippen LogP contribution in [0.1, 0.15) is 223 Å². The van der Waals surface area contributed by atoms with Gasteiger partial charge in [0.2, 0.25) is 0 Å². The van der Waals surface area contributed by atoms with E-state index in [4.69, 9.17) is 0 Å². The van der Waals surface area contributed by atoms with E-state index in [1.54, 1.807) is 0 Å². The second kappa shape index (κ2) is 46.5. The molecule has 0 heterocycles. The molecule has 20 aromatic rings. The monoisotopic (exact) mass is 1930 g/mol. The molecule has 2 aliphatic rings. The molecular weight excluding hydrogens is 1790 g/mol. The van der Waals surface area contributed by atoms with Crippen LogP contribution in [0.2, 0.25) is 0 Å². The van der Waals surface area contributed by atoms with Crippen LogP contribution in [0.4, 0.5) is 68.2 Å². The lowest BCUT2D eigenvalue weighted by Crippen LogP contribution is -2.13. The van der Waals surface area contributed by atoms with Crippen LogP contribution in [0.3, 0.4) is 0 Å². The Morgan fingerprint density at radius 1 is 0.162 bits per heavy atom. The number of unbranched alkanes of at least 4 members (excludes halogenated alkanes) is 12. The van der Waals surface area contributed by atoms with E-state index in [0.29, 0.717) is 0 Å². The van der Waals surface area contributed by atoms with Gasteiger partial charge in [0.15, 0.2) is 0 Å². The summed E-state index contributed by atoms with van der Waals surface area (Å²) in [5.74, 6) is 0. The van der Waals surface area contributed by atoms with Crippen molar-refractivity contribution in [2.45, 2.75) is 235 Å². The number of hydrogen-bond acceptors (Lipinski definition) is 4. The maximum absolute atomic E-state index is 2.55. The van der Waals surface area contributed by atoms with Crippen molar-refractivity contribution in [3.05, 3.63) is 455 Å². The SMILES string of the molecule is CCCCCCc1ccc(-c2ccc(N(c3ccc(C)c(C)c3)c3cc4c5ccccc5c(N(c5ccc(-c6ccc(CCCCCC)cc6)cc5)c5ccc(C)c(C)c5)cc4c4ccccc34)cc2)cc1.CCCCCCc1ccc(-c2ccc(N(c3ccc4c(c3)CCCC4)c3cc4c5ccccc5c(N(c5ccc(-c6ccc(CCCCCC)cc6)cc5)c5ccc6c(c5)CCCC6)cc4c4ccccc34)cc2)cc1. The molecule has 22 rings (SSSR count). The smallest absolute Gasteiger partial charge is 0.0546 e. The van der Waals surface area contributed by atoms with Crippen LogP contribution in [0.25, 0.3) is 109 Å². The molecule has 0 aromatic heterocycles. The van der Waals surface area contributed by atoms with Crippen LogP contribution in [0, 0.1) is 27.7 Å². The zero-order chi connectivity index (χ0) is 101. The first-order valence-corrected chi connectivity index (χ1v) is 56.0. The third-order valence-corrected chi connectivity index (χ3v) is 32.2. The Morgan fingerprint density at radius 2 is 0.365 bits per heavy atom. The summed E-state index contributed by atoms with van der Waals surface area (Å²) in [5.41, 5.74) is 40.8. The number of fused-ring (bicyclic) bond motifs is 12. The van der Waals surface area contributed by atoms with Gasteiger partial charge in [-0.05, 0) is 406 Å². The van der Waals surface area contributed by atoms with E-state index in [9.17, 15) is 0 Å². The van der Waals surface area contributed by atoms with Crippen LogP contribution in [-0.2, 0) is 51.4 Å². The summed E-state index contributed by atoms with van der Waals surface area (Å²) in [6.45, 7) is 18.0. The summed E-state index contributed by atoms with van der Waals surface area (Å²) < 4.78 is 0. The highest BCUT2D eigenvalue weighted by Crippen LogP contribution is 2.53. The minimum absolute atomic E-state index is 1.13. The normalized spacial score (nSPS) is 12.4. The van der Waals surface area contributed by atoms with Gasteiger partial charge in [-0.15, -0.1) is 0 Å². The molecule has 0 unspecified atom stereocenters. The van der Waals surface area contributed by atoms with Crippen LogP contribution >= 0.6 is 0 Å². The van der Waals surface area contributed by atoms with Gasteiger partial charge in [-0.2, -0.15) is 0 Å². The molecular formula is C144H144N4. The minimum Gasteiger partial charge on any atom is -0.310 e. The predicted octanol–water partition coefficient (Wildman–Crippen LogP) is 42.3. The number of hydrogen-bond donors (Lipinski definition) is 0. The van der Waals surface area contributed by atoms with Crippen LogP contribution in [0.5, 0.6) is 0 Å². The third kappa shape index (κ3) is 21.8. The number of benzene rings is 20. The van der Waals surface area contributed by atoms with Gasteiger partial charge in [0.25, 0.3) is 0 Å². The molecule has 0 N–H and O–H groups in total. The molecule has 0 spiro atoms. The van der Waals surface area contributed by atoms with E-state index >= 15 is 0 Å². The van der Waals surface area contributed by atoms with Crippen molar-refractivity contribution in [2.75, 3.05) is 19.6 Å². The molecule has 0 saturated heterocycles. The maximum Gasteiger partial charge on any atom is 0.0546 e. The van der Waals surface area contributed by atoms with E-state index in [1.807, 2.05) is 0 Å². The Labute approximate surface area is 880 Å². The Kier molecular flexibility index (Phi) is 31.1. The molecule has 0 saturated carbocycles. The predicted molar refractivity (Wildman–Crippen MR) is 642 cm³/mol. The summed E-state index contributed by atoms with van der Waals surface area (Å²) in [4.78, 5) is 10.0. The average molecular weight is 1930 g/mol. The molecule has 0 bridgehead atoms. The molecule has 20 aromatic carbocycles. The first-order valence-electron chi connectivity index (χ1n) is 56.0. The van der Waals surface area contributed by atoms with Crippen LogP contribution in [-0.4, -0.2) is 0 Å². The van der Waals surface area contributed by atoms with Crippen molar-refractivity contribution in [3.63, 3.8) is 0 Å². The summed E-state index contributed by atoms with van der Waals surface area (Å²) >= 11 is 0. The van der Waals surface area contributed by atoms with Crippen molar-refractivity contribution >= 4 is 133 Å². The van der Waals surface area contributed by atoms with Gasteiger partial charge < -0.3 is 19.6 Å². The number of rotatable bonds is 36. The lowest BCUT2D eigenvalue weighted by molar-refractivity contribution is 0.667. The zero-order valence-electron chi connectivity index (χ0n) is 88.5. The zero-order valence-corrected chi connectivity index (χ0v) is 88.5. The number of aryl methyl sites for hydroxylation is 12. The molecule has 0 fully saturated rings. The Morgan fingerprint density at radius 3 is 0.595 bits per heavy atom. The van der Waals surface area contributed by atoms with E-state index < -0.39 is 0 Å². The first kappa shape index (κ1) is 99.1. The lowest BCUT2D eigenvalue weighted by atomic mass is 9.90. The lowest BCUT2D eigenvalue weighted by Gasteiger charge is -2.31. The molecule has 0 atom stereocenters. The minimum atomic E-state index is 1.13. The van der Waals surface area contributed by atoms with Crippen molar-refractivity contribution in [1.29, 1.82) is 0 Å². The van der Waals surface area contributed by atoms with Gasteiger partial charge in [0, 0.05) is 67.0 Å². The van der Waals surface area contributed by atoms with Crippen molar-refractivity contribution in [1.82, 2.24) is 0 Å². The Bertz CT molecular complexity index is 7530. The summed E-state index contributed by atoms with van der Waals surface area (Å²) in [6, 6.07) is 149. The fourth-order valence-corrected chi connectivity index (χ4v) is 23.4. The number of nitrogens with zero attached hydrogens (tertiary/aromatic N) is 4. The molecule has 0 radical (unpaired) electrons. The van der Waals surface area contributed by atoms with Gasteiger partial charge in [0.1, 0.15) is 0 Å². The third-order valence-electron chi connectivity index (χ3n) is 32.2. The molecule has 0 aliphatic heterocycles. The summed E-state index contributed by atoms with van der Waals surface area (Å²) in [7, 11) is 0. The van der Waals surface area contributed by atoms with Crippen molar-refractivity contribution in [2.24, 2.45) is 0 Å². The first-order chi connectivity index (χ1) is 72.9. The molecule has 740 valence electrons. The molecule has 0 amide bonds. The highest BCUT2D eigenvalue weighted by molar-refractivity contribution is 6.26. The fraction of sp³-hybridized carbons (Fsp3) is 0.250. The average Bonchev–Trinajstić information content (AvgIpc) is 0.724. The van der Waals surface area contributed by atoms with E-state index in [1.165, 1.54) is 327 Å². The molecule has 4 nitrogen and oxygen atoms in total. The van der Waals surface area contributed by atoms with Crippen molar-refractivity contribution in [3.8, 4) is 44.5 Å². The topological polar surface area (TPSA) is 13.0 Å². The standard InChI is InChI=1S/C74H74N2.C70H70N2/c1-3-5-7-9-19-53-29-33-57(34-30-53)59-37-43-63(44-38-59)75(65-47-41-55-21-11-13-23-61(55)49-65)73-51-71-68-26-16-18-28-70(68)74(52-72(71)67-25-15-17-27-69(67)73)76(66-48-42-56-22-12-14-24-62(56)50-66)64-45-39-60(40-46-64)58-35-31-54(32-36-58)20-10-8-6-4-2;1-7-9-11-13-19-53-27-31-55(32-28-53)57-35-41-59(42-36-57)71(61-39-25-49(3)51(5)45-61)69-47-67-64-22-16-18-24-66(64)70(48-68(67)63-21-15-17-23-65(63)69)72(62-40-26-50(4)52(6)46-62)60-43-37-58(38-44-60)56-33-29-54(30-34-56)20-14-12-10-8-2/h15-18,25-52H,3-14,19-24H2,1-2H3;15-18,21-48H,7-14,19-20H2,1-6H3. The fourth-order valence-electron chi connectivity index (χ4n) is 23.4. The van der Waals surface area contributed by atoms with Gasteiger partial charge >= 0.3 is 0 Å². The van der Waals surface area contributed by atoms with Gasteiger partial charge in [0.05, 0.1) is 22.7 Å². The highest BCUT2D eigenvalue weighted by Gasteiger charge is 2.29. The quantitative estimate of drug-likeness (QED) is 0.0287. The van der Waals surface area contributed by atoms with Gasteiger partial charge in [-0.1, -0.05) is 372 Å². The summed E-state index contributed by atoms with van der Waals surface area (Å²) in [5, 5.41) is 14.8. The second-order valence-electron chi connectivity index (χ2n) is 42.4. The van der Waals surface area contributed by atoms with E-state index in [0.717, 1.165) is 96.9 Å². The van der Waals surface area contributed by atoms with Crippen molar-refractivity contribution < 1.29 is 0 Å².